The van der Waals surface area contributed by atoms with Gasteiger partial charge in [0.05, 0.1) is 17.4 Å². The van der Waals surface area contributed by atoms with Gasteiger partial charge in [-0.15, -0.1) is 12.4 Å². The fourth-order valence-electron chi connectivity index (χ4n) is 3.09. The van der Waals surface area contributed by atoms with E-state index < -0.39 is 22.1 Å². The monoisotopic (exact) mass is 419 g/mol. The second-order valence-corrected chi connectivity index (χ2v) is 8.14. The molecule has 5 nitrogen and oxygen atoms in total. The summed E-state index contributed by atoms with van der Waals surface area (Å²) in [5.74, 6) is -0.491. The van der Waals surface area contributed by atoms with Gasteiger partial charge in [-0.1, -0.05) is 23.7 Å². The van der Waals surface area contributed by atoms with Gasteiger partial charge in [0.1, 0.15) is 5.82 Å². The molecule has 1 heterocycles. The maximum atomic E-state index is 13.9. The Kier molecular flexibility index (Phi) is 6.39. The SMILES string of the molecule is CNCC[C@H](c1cc(F)cc(Cl)c1)N1c2ccccc2N(C)S1(=O)=O.Cl. The van der Waals surface area contributed by atoms with Gasteiger partial charge in [-0.25, -0.2) is 8.70 Å². The summed E-state index contributed by atoms with van der Waals surface area (Å²) in [6, 6.07) is 10.7. The van der Waals surface area contributed by atoms with Crippen molar-refractivity contribution in [3.8, 4) is 0 Å². The quantitative estimate of drug-likeness (QED) is 0.802. The molecule has 2 aromatic rings. The highest BCUT2D eigenvalue weighted by Gasteiger charge is 2.42. The molecule has 0 spiro atoms. The minimum absolute atomic E-state index is 0. The normalized spacial score (nSPS) is 16.2. The lowest BCUT2D eigenvalue weighted by Crippen LogP contribution is -2.39. The third-order valence-electron chi connectivity index (χ3n) is 4.27. The number of anilines is 2. The number of fused-ring (bicyclic) bond motifs is 1. The van der Waals surface area contributed by atoms with Crippen molar-refractivity contribution >= 4 is 45.6 Å². The van der Waals surface area contributed by atoms with Crippen LogP contribution in [-0.4, -0.2) is 29.1 Å². The first-order valence-corrected chi connectivity index (χ1v) is 9.61. The molecule has 1 aliphatic heterocycles. The van der Waals surface area contributed by atoms with Gasteiger partial charge >= 0.3 is 10.2 Å². The Labute approximate surface area is 164 Å². The van der Waals surface area contributed by atoms with Gasteiger partial charge in [0, 0.05) is 12.1 Å². The number of nitrogens with one attached hydrogen (secondary N) is 1. The van der Waals surface area contributed by atoms with Gasteiger partial charge in [0.25, 0.3) is 0 Å². The van der Waals surface area contributed by atoms with Gasteiger partial charge in [0.2, 0.25) is 0 Å². The van der Waals surface area contributed by atoms with Crippen LogP contribution in [0.3, 0.4) is 0 Å². The molecule has 1 aliphatic rings. The number of hydrogen-bond acceptors (Lipinski definition) is 3. The van der Waals surface area contributed by atoms with Crippen molar-refractivity contribution in [2.24, 2.45) is 0 Å². The molecule has 0 saturated heterocycles. The lowest BCUT2D eigenvalue weighted by molar-refractivity contribution is 0.560. The second-order valence-electron chi connectivity index (χ2n) is 5.87. The third kappa shape index (κ3) is 3.62. The summed E-state index contributed by atoms with van der Waals surface area (Å²) in [6.45, 7) is 0.566. The van der Waals surface area contributed by atoms with Crippen LogP contribution in [0.15, 0.2) is 42.5 Å². The fourth-order valence-corrected chi connectivity index (χ4v) is 4.94. The number of hydrogen-bond donors (Lipinski definition) is 1. The van der Waals surface area contributed by atoms with Crippen molar-refractivity contribution in [3.05, 3.63) is 58.9 Å². The molecule has 0 aromatic heterocycles. The number of rotatable bonds is 5. The first kappa shape index (κ1) is 20.8. The van der Waals surface area contributed by atoms with Crippen molar-refractivity contribution in [2.75, 3.05) is 29.3 Å². The minimum Gasteiger partial charge on any atom is -0.320 e. The first-order valence-electron chi connectivity index (χ1n) is 7.84. The van der Waals surface area contributed by atoms with Crippen LogP contribution in [0.25, 0.3) is 0 Å². The maximum Gasteiger partial charge on any atom is 0.326 e. The molecule has 0 fully saturated rings. The zero-order valence-corrected chi connectivity index (χ0v) is 16.7. The van der Waals surface area contributed by atoms with Gasteiger partial charge in [0.15, 0.2) is 0 Å². The summed E-state index contributed by atoms with van der Waals surface area (Å²) < 4.78 is 42.5. The Morgan fingerprint density at radius 2 is 1.85 bits per heavy atom. The van der Waals surface area contributed by atoms with Crippen LogP contribution in [0.1, 0.15) is 18.0 Å². The van der Waals surface area contributed by atoms with Gasteiger partial charge < -0.3 is 5.32 Å². The van der Waals surface area contributed by atoms with E-state index in [0.29, 0.717) is 29.9 Å². The van der Waals surface area contributed by atoms with E-state index in [-0.39, 0.29) is 17.4 Å². The maximum absolute atomic E-state index is 13.9. The summed E-state index contributed by atoms with van der Waals surface area (Å²) in [5, 5.41) is 3.26. The molecule has 2 aromatic carbocycles. The lowest BCUT2D eigenvalue weighted by Gasteiger charge is -2.29. The van der Waals surface area contributed by atoms with E-state index in [0.717, 1.165) is 0 Å². The molecule has 1 N–H and O–H groups in total. The average molecular weight is 420 g/mol. The highest BCUT2D eigenvalue weighted by molar-refractivity contribution is 7.94. The second kappa shape index (κ2) is 8.00. The Hall–Kier alpha value is -1.54. The largest absolute Gasteiger partial charge is 0.326 e. The lowest BCUT2D eigenvalue weighted by atomic mass is 10.0. The summed E-state index contributed by atoms with van der Waals surface area (Å²) >= 11 is 6.00. The average Bonchev–Trinajstić information content (AvgIpc) is 2.75. The first-order chi connectivity index (χ1) is 11.9. The predicted molar refractivity (Wildman–Crippen MR) is 106 cm³/mol. The van der Waals surface area contributed by atoms with Crippen molar-refractivity contribution in [2.45, 2.75) is 12.5 Å². The topological polar surface area (TPSA) is 52.6 Å². The third-order valence-corrected chi connectivity index (χ3v) is 6.33. The zero-order valence-electron chi connectivity index (χ0n) is 14.3. The van der Waals surface area contributed by atoms with Crippen LogP contribution in [0.2, 0.25) is 5.02 Å². The molecular weight excluding hydrogens is 400 g/mol. The molecule has 3 rings (SSSR count). The molecular formula is C17H20Cl2FN3O2S. The Morgan fingerprint density at radius 1 is 1.19 bits per heavy atom. The van der Waals surface area contributed by atoms with E-state index in [1.807, 2.05) is 0 Å². The highest BCUT2D eigenvalue weighted by atomic mass is 35.5. The molecule has 0 saturated carbocycles. The van der Waals surface area contributed by atoms with E-state index in [9.17, 15) is 12.8 Å². The smallest absolute Gasteiger partial charge is 0.320 e. The van der Waals surface area contributed by atoms with Gasteiger partial charge in [-0.3, -0.25) is 4.31 Å². The van der Waals surface area contributed by atoms with Crippen LogP contribution < -0.4 is 13.9 Å². The van der Waals surface area contributed by atoms with Crippen LogP contribution in [0.5, 0.6) is 0 Å². The van der Waals surface area contributed by atoms with Crippen molar-refractivity contribution in [3.63, 3.8) is 0 Å². The van der Waals surface area contributed by atoms with Crippen molar-refractivity contribution in [1.29, 1.82) is 0 Å². The Morgan fingerprint density at radius 3 is 2.46 bits per heavy atom. The number of benzene rings is 2. The van der Waals surface area contributed by atoms with Crippen molar-refractivity contribution in [1.82, 2.24) is 5.32 Å². The molecule has 0 aliphatic carbocycles. The molecule has 0 unspecified atom stereocenters. The molecule has 0 bridgehead atoms. The number of halogens is 3. The summed E-state index contributed by atoms with van der Waals surface area (Å²) in [6.07, 6.45) is 0.470. The number of para-hydroxylation sites is 2. The fraction of sp³-hybridized carbons (Fsp3) is 0.294. The summed E-state index contributed by atoms with van der Waals surface area (Å²) in [7, 11) is -0.453. The number of nitrogens with zero attached hydrogens (tertiary/aromatic N) is 2. The summed E-state index contributed by atoms with van der Waals surface area (Å²) in [4.78, 5) is 0. The van der Waals surface area contributed by atoms with Crippen LogP contribution in [0, 0.1) is 5.82 Å². The molecule has 9 heteroatoms. The molecule has 26 heavy (non-hydrogen) atoms. The van der Waals surface area contributed by atoms with Crippen LogP contribution in [-0.2, 0) is 10.2 Å². The highest BCUT2D eigenvalue weighted by Crippen LogP contribution is 2.45. The van der Waals surface area contributed by atoms with Gasteiger partial charge in [-0.05, 0) is 55.9 Å². The minimum atomic E-state index is -3.76. The van der Waals surface area contributed by atoms with Crippen molar-refractivity contribution < 1.29 is 12.8 Å². The standard InChI is InChI=1S/C17H19ClFN3O2S.ClH/c1-20-8-7-15(12-9-13(18)11-14(19)10-12)22-17-6-4-3-5-16(17)21(2)25(22,23)24;/h3-6,9-11,15,20H,7-8H2,1-2H3;1H/t15-;/m1./s1. The predicted octanol–water partition coefficient (Wildman–Crippen LogP) is 3.75. The van der Waals surface area contributed by atoms with E-state index in [1.165, 1.54) is 27.8 Å². The Bertz CT molecular complexity index is 875. The summed E-state index contributed by atoms with van der Waals surface area (Å²) in [5.41, 5.74) is 1.69. The van der Waals surface area contributed by atoms with Gasteiger partial charge in [-0.2, -0.15) is 8.42 Å². The molecule has 1 atom stereocenters. The van der Waals surface area contributed by atoms with E-state index in [4.69, 9.17) is 11.6 Å². The Balaban J connectivity index is 0.00000243. The van der Waals surface area contributed by atoms with E-state index >= 15 is 0 Å². The zero-order chi connectivity index (χ0) is 18.2. The van der Waals surface area contributed by atoms with E-state index in [2.05, 4.69) is 5.32 Å². The van der Waals surface area contributed by atoms with E-state index in [1.54, 1.807) is 37.4 Å². The van der Waals surface area contributed by atoms with Crippen LogP contribution in [0.4, 0.5) is 15.8 Å². The molecule has 0 radical (unpaired) electrons. The molecule has 0 amide bonds. The molecule has 142 valence electrons. The van der Waals surface area contributed by atoms with Crippen LogP contribution >= 0.6 is 24.0 Å².